The Morgan fingerprint density at radius 1 is 1.33 bits per heavy atom. The first kappa shape index (κ1) is 14.1. The first-order chi connectivity index (χ1) is 8.52. The van der Waals surface area contributed by atoms with Crippen LogP contribution >= 0.6 is 11.6 Å². The van der Waals surface area contributed by atoms with Gasteiger partial charge in [0.15, 0.2) is 0 Å². The van der Waals surface area contributed by atoms with Crippen LogP contribution in [0.4, 0.5) is 15.3 Å². The molecule has 0 aliphatic rings. The molecule has 0 spiro atoms. The van der Waals surface area contributed by atoms with Crippen molar-refractivity contribution in [2.75, 3.05) is 11.9 Å². The number of carbonyl (C=O) groups excluding carboxylic acids is 2. The molecule has 0 radical (unpaired) electrons. The van der Waals surface area contributed by atoms with Crippen LogP contribution in [0.25, 0.3) is 0 Å². The lowest BCUT2D eigenvalue weighted by Gasteiger charge is -2.10. The molecule has 6 nitrogen and oxygen atoms in total. The highest BCUT2D eigenvalue weighted by molar-refractivity contribution is 6.30. The lowest BCUT2D eigenvalue weighted by Crippen LogP contribution is -2.44. The number of ether oxygens (including phenoxy) is 1. The Bertz CT molecular complexity index is 451. The van der Waals surface area contributed by atoms with Crippen molar-refractivity contribution in [3.8, 4) is 0 Å². The second-order valence-electron chi connectivity index (χ2n) is 3.38. The molecular weight excluding hydrogens is 258 g/mol. The zero-order chi connectivity index (χ0) is 13.5. The molecule has 3 amide bonds. The van der Waals surface area contributed by atoms with Crippen LogP contribution < -0.4 is 16.2 Å². The van der Waals surface area contributed by atoms with Gasteiger partial charge in [0.05, 0.1) is 6.61 Å². The number of nitrogens with one attached hydrogen (secondary N) is 3. The predicted molar refractivity (Wildman–Crippen MR) is 68.5 cm³/mol. The van der Waals surface area contributed by atoms with E-state index >= 15 is 0 Å². The minimum absolute atomic E-state index is 0.228. The summed E-state index contributed by atoms with van der Waals surface area (Å²) >= 11 is 5.79. The maximum Gasteiger partial charge on any atom is 0.426 e. The molecule has 0 aliphatic carbocycles. The number of hydrogen-bond donors (Lipinski definition) is 3. The highest BCUT2D eigenvalue weighted by atomic mass is 35.5. The molecule has 0 unspecified atom stereocenters. The third-order valence-electron chi connectivity index (χ3n) is 1.99. The number of rotatable bonds is 2. The topological polar surface area (TPSA) is 79.5 Å². The van der Waals surface area contributed by atoms with E-state index in [2.05, 4.69) is 20.9 Å². The monoisotopic (exact) mass is 271 g/mol. The number of benzene rings is 1. The average Bonchev–Trinajstić information content (AvgIpc) is 2.31. The summed E-state index contributed by atoms with van der Waals surface area (Å²) in [6, 6.07) is 4.47. The van der Waals surface area contributed by atoms with Crippen LogP contribution in [0.1, 0.15) is 12.5 Å². The van der Waals surface area contributed by atoms with E-state index in [0.717, 1.165) is 5.56 Å². The second-order valence-corrected chi connectivity index (χ2v) is 3.82. The van der Waals surface area contributed by atoms with Gasteiger partial charge in [-0.1, -0.05) is 11.6 Å². The van der Waals surface area contributed by atoms with Crippen molar-refractivity contribution in [3.05, 3.63) is 28.8 Å². The van der Waals surface area contributed by atoms with Gasteiger partial charge in [-0.25, -0.2) is 20.4 Å². The molecular formula is C11H14ClN3O3. The van der Waals surface area contributed by atoms with E-state index in [0.29, 0.717) is 10.7 Å². The number of amides is 3. The SMILES string of the molecule is CCOC(=O)NNC(=O)Nc1ccc(Cl)cc1C. The van der Waals surface area contributed by atoms with E-state index in [-0.39, 0.29) is 6.61 Å². The van der Waals surface area contributed by atoms with Crippen LogP contribution in [0.3, 0.4) is 0 Å². The molecule has 1 rings (SSSR count). The molecule has 0 aliphatic heterocycles. The second kappa shape index (κ2) is 6.70. The molecule has 0 aromatic heterocycles. The number of urea groups is 1. The van der Waals surface area contributed by atoms with Crippen LogP contribution in [0, 0.1) is 6.92 Å². The van der Waals surface area contributed by atoms with Gasteiger partial charge < -0.3 is 10.1 Å². The predicted octanol–water partition coefficient (Wildman–Crippen LogP) is 2.43. The molecule has 18 heavy (non-hydrogen) atoms. The Hall–Kier alpha value is -1.95. The lowest BCUT2D eigenvalue weighted by atomic mass is 10.2. The molecule has 3 N–H and O–H groups in total. The highest BCUT2D eigenvalue weighted by Gasteiger charge is 2.06. The normalized spacial score (nSPS) is 9.50. The van der Waals surface area contributed by atoms with Gasteiger partial charge in [-0.05, 0) is 37.6 Å². The van der Waals surface area contributed by atoms with Crippen molar-refractivity contribution in [2.24, 2.45) is 0 Å². The van der Waals surface area contributed by atoms with E-state index in [4.69, 9.17) is 11.6 Å². The fourth-order valence-corrected chi connectivity index (χ4v) is 1.42. The first-order valence-corrected chi connectivity index (χ1v) is 5.66. The van der Waals surface area contributed by atoms with Gasteiger partial charge >= 0.3 is 12.1 Å². The molecule has 98 valence electrons. The standard InChI is InChI=1S/C11H14ClN3O3/c1-3-18-11(17)15-14-10(16)13-9-5-4-8(12)6-7(9)2/h4-6H,3H2,1-2H3,(H,15,17)(H2,13,14,16). The van der Waals surface area contributed by atoms with Crippen molar-refractivity contribution in [1.82, 2.24) is 10.9 Å². The quantitative estimate of drug-likeness (QED) is 0.723. The fraction of sp³-hybridized carbons (Fsp3) is 0.273. The Morgan fingerprint density at radius 3 is 2.67 bits per heavy atom. The summed E-state index contributed by atoms with van der Waals surface area (Å²) in [4.78, 5) is 22.4. The third kappa shape index (κ3) is 4.50. The summed E-state index contributed by atoms with van der Waals surface area (Å²) in [7, 11) is 0. The molecule has 1 aromatic rings. The Morgan fingerprint density at radius 2 is 2.06 bits per heavy atom. The van der Waals surface area contributed by atoms with Gasteiger partial charge in [-0.15, -0.1) is 0 Å². The van der Waals surface area contributed by atoms with Crippen LogP contribution in [0.5, 0.6) is 0 Å². The fourth-order valence-electron chi connectivity index (χ4n) is 1.20. The van der Waals surface area contributed by atoms with Crippen LogP contribution in [0.2, 0.25) is 5.02 Å². The van der Waals surface area contributed by atoms with Gasteiger partial charge in [-0.3, -0.25) is 0 Å². The van der Waals surface area contributed by atoms with Crippen molar-refractivity contribution in [2.45, 2.75) is 13.8 Å². The summed E-state index contributed by atoms with van der Waals surface area (Å²) < 4.78 is 4.57. The Labute approximate surface area is 110 Å². The summed E-state index contributed by atoms with van der Waals surface area (Å²) in [6.45, 7) is 3.70. The molecule has 1 aromatic carbocycles. The number of aryl methyl sites for hydroxylation is 1. The van der Waals surface area contributed by atoms with E-state index in [1.54, 1.807) is 32.0 Å². The van der Waals surface area contributed by atoms with Crippen molar-refractivity contribution in [1.29, 1.82) is 0 Å². The maximum atomic E-state index is 11.4. The highest BCUT2D eigenvalue weighted by Crippen LogP contribution is 2.19. The number of hydrazine groups is 1. The average molecular weight is 272 g/mol. The number of hydrogen-bond acceptors (Lipinski definition) is 3. The zero-order valence-corrected chi connectivity index (χ0v) is 10.8. The minimum atomic E-state index is -0.722. The summed E-state index contributed by atoms with van der Waals surface area (Å²) in [5, 5.41) is 3.14. The van der Waals surface area contributed by atoms with Gasteiger partial charge in [0.25, 0.3) is 0 Å². The van der Waals surface area contributed by atoms with E-state index in [9.17, 15) is 9.59 Å². The maximum absolute atomic E-state index is 11.4. The van der Waals surface area contributed by atoms with E-state index < -0.39 is 12.1 Å². The molecule has 0 saturated carbocycles. The molecule has 0 fully saturated rings. The molecule has 0 heterocycles. The number of anilines is 1. The van der Waals surface area contributed by atoms with Crippen molar-refractivity contribution in [3.63, 3.8) is 0 Å². The molecule has 7 heteroatoms. The van der Waals surface area contributed by atoms with Crippen LogP contribution in [-0.4, -0.2) is 18.7 Å². The van der Waals surface area contributed by atoms with Crippen LogP contribution in [0.15, 0.2) is 18.2 Å². The molecule has 0 bridgehead atoms. The van der Waals surface area contributed by atoms with Gasteiger partial charge in [0.2, 0.25) is 0 Å². The lowest BCUT2D eigenvalue weighted by molar-refractivity contribution is 0.148. The Balaban J connectivity index is 2.47. The molecule has 0 saturated heterocycles. The third-order valence-corrected chi connectivity index (χ3v) is 2.23. The van der Waals surface area contributed by atoms with Crippen molar-refractivity contribution < 1.29 is 14.3 Å². The van der Waals surface area contributed by atoms with Crippen molar-refractivity contribution >= 4 is 29.4 Å². The number of carbonyl (C=O) groups is 2. The van der Waals surface area contributed by atoms with Crippen LogP contribution in [-0.2, 0) is 4.74 Å². The van der Waals surface area contributed by atoms with Gasteiger partial charge in [0, 0.05) is 10.7 Å². The molecule has 0 atom stereocenters. The van der Waals surface area contributed by atoms with E-state index in [1.807, 2.05) is 0 Å². The van der Waals surface area contributed by atoms with Gasteiger partial charge in [-0.2, -0.15) is 0 Å². The minimum Gasteiger partial charge on any atom is -0.449 e. The van der Waals surface area contributed by atoms with E-state index in [1.165, 1.54) is 0 Å². The summed E-state index contributed by atoms with van der Waals surface area (Å²) in [5.41, 5.74) is 5.65. The first-order valence-electron chi connectivity index (χ1n) is 5.29. The number of halogens is 1. The smallest absolute Gasteiger partial charge is 0.426 e. The Kier molecular flexibility index (Phi) is 5.26. The largest absolute Gasteiger partial charge is 0.449 e. The van der Waals surface area contributed by atoms with Gasteiger partial charge in [0.1, 0.15) is 0 Å². The summed E-state index contributed by atoms with van der Waals surface area (Å²) in [6.07, 6.45) is -0.722. The zero-order valence-electron chi connectivity index (χ0n) is 10.0. The summed E-state index contributed by atoms with van der Waals surface area (Å²) in [5.74, 6) is 0.